The van der Waals surface area contributed by atoms with E-state index in [-0.39, 0.29) is 25.3 Å². The third-order valence-corrected chi connectivity index (χ3v) is 5.21. The van der Waals surface area contributed by atoms with Crippen LogP contribution in [0.15, 0.2) is 61.1 Å². The van der Waals surface area contributed by atoms with Crippen LogP contribution < -0.4 is 10.6 Å². The number of aryl methyl sites for hydroxylation is 1. The number of hydrogen-bond donors (Lipinski definition) is 2. The minimum Gasteiger partial charge on any atom is -0.369 e. The predicted octanol–water partition coefficient (Wildman–Crippen LogP) is 4.08. The summed E-state index contributed by atoms with van der Waals surface area (Å²) in [5.41, 5.74) is 5.07. The minimum atomic E-state index is -0.117. The number of aromatic nitrogens is 4. The number of amides is 1. The molecule has 0 aliphatic carbocycles. The molecule has 0 saturated heterocycles. The van der Waals surface area contributed by atoms with E-state index < -0.39 is 0 Å². The summed E-state index contributed by atoms with van der Waals surface area (Å²) in [4.78, 5) is 30.0. The van der Waals surface area contributed by atoms with Gasteiger partial charge in [0.25, 0.3) is 5.91 Å². The van der Waals surface area contributed by atoms with Crippen molar-refractivity contribution in [3.8, 4) is 11.4 Å². The third kappa shape index (κ3) is 4.86. The molecule has 0 bridgehead atoms. The Bertz CT molecular complexity index is 1250. The Hall–Kier alpha value is -3.52. The summed E-state index contributed by atoms with van der Waals surface area (Å²) in [5, 5.41) is 6.94. The lowest BCUT2D eigenvalue weighted by Crippen LogP contribution is -2.18. The first-order valence-corrected chi connectivity index (χ1v) is 10.2. The van der Waals surface area contributed by atoms with Gasteiger partial charge in [0.15, 0.2) is 0 Å². The lowest BCUT2D eigenvalue weighted by atomic mass is 9.96. The number of anilines is 1. The largest absolute Gasteiger partial charge is 0.369 e. The van der Waals surface area contributed by atoms with Gasteiger partial charge in [-0.05, 0) is 30.7 Å². The maximum absolute atomic E-state index is 12.2. The molecule has 4 aromatic rings. The SMILES string of the molecule is CNC(=O)c1ccnc2c([C@H](C)CNc3cc(-c4cccc(C)n4)ncn3)cccc12.S. The van der Waals surface area contributed by atoms with E-state index in [2.05, 4.69) is 43.6 Å². The molecule has 0 spiro atoms. The molecule has 4 rings (SSSR count). The summed E-state index contributed by atoms with van der Waals surface area (Å²) in [6, 6.07) is 15.5. The van der Waals surface area contributed by atoms with Crippen LogP contribution in [0, 0.1) is 6.92 Å². The number of carbonyl (C=O) groups is 1. The summed E-state index contributed by atoms with van der Waals surface area (Å²) in [7, 11) is 1.63. The maximum Gasteiger partial charge on any atom is 0.251 e. The molecule has 0 radical (unpaired) electrons. The minimum absolute atomic E-state index is 0. The van der Waals surface area contributed by atoms with Crippen molar-refractivity contribution in [1.29, 1.82) is 0 Å². The van der Waals surface area contributed by atoms with Gasteiger partial charge < -0.3 is 10.6 Å². The molecule has 164 valence electrons. The Balaban J connectivity index is 0.00000289. The van der Waals surface area contributed by atoms with Gasteiger partial charge in [-0.1, -0.05) is 31.2 Å². The van der Waals surface area contributed by atoms with E-state index in [0.717, 1.165) is 39.4 Å². The molecule has 0 unspecified atom stereocenters. The second kappa shape index (κ2) is 10.2. The third-order valence-electron chi connectivity index (χ3n) is 5.21. The number of nitrogens with one attached hydrogen (secondary N) is 2. The van der Waals surface area contributed by atoms with Crippen molar-refractivity contribution < 1.29 is 4.79 Å². The van der Waals surface area contributed by atoms with Crippen LogP contribution in [-0.2, 0) is 0 Å². The van der Waals surface area contributed by atoms with Crippen LogP contribution in [0.25, 0.3) is 22.3 Å². The number of hydrogen-bond acceptors (Lipinski definition) is 6. The van der Waals surface area contributed by atoms with Crippen molar-refractivity contribution in [2.75, 3.05) is 18.9 Å². The molecule has 2 N–H and O–H groups in total. The summed E-state index contributed by atoms with van der Waals surface area (Å²) in [6.45, 7) is 4.74. The van der Waals surface area contributed by atoms with Crippen LogP contribution in [0.5, 0.6) is 0 Å². The van der Waals surface area contributed by atoms with Crippen molar-refractivity contribution in [3.63, 3.8) is 0 Å². The van der Waals surface area contributed by atoms with Gasteiger partial charge in [-0.3, -0.25) is 14.8 Å². The van der Waals surface area contributed by atoms with Crippen LogP contribution in [0.4, 0.5) is 5.82 Å². The maximum atomic E-state index is 12.2. The normalized spacial score (nSPS) is 11.5. The summed E-state index contributed by atoms with van der Waals surface area (Å²) < 4.78 is 0. The molecule has 3 heterocycles. The summed E-state index contributed by atoms with van der Waals surface area (Å²) >= 11 is 0. The second-order valence-electron chi connectivity index (χ2n) is 7.42. The first-order valence-electron chi connectivity index (χ1n) is 10.2. The van der Waals surface area contributed by atoms with Crippen LogP contribution in [0.3, 0.4) is 0 Å². The average Bonchev–Trinajstić information content (AvgIpc) is 2.81. The zero-order valence-electron chi connectivity index (χ0n) is 18.3. The molecule has 1 amide bonds. The van der Waals surface area contributed by atoms with E-state index >= 15 is 0 Å². The molecular weight excluding hydrogens is 420 g/mol. The van der Waals surface area contributed by atoms with E-state index in [1.165, 1.54) is 0 Å². The van der Waals surface area contributed by atoms with Crippen LogP contribution in [-0.4, -0.2) is 39.4 Å². The summed E-state index contributed by atoms with van der Waals surface area (Å²) in [6.07, 6.45) is 3.23. The molecule has 0 fully saturated rings. The first-order chi connectivity index (χ1) is 15.1. The lowest BCUT2D eigenvalue weighted by molar-refractivity contribution is 0.0964. The molecular formula is C24H26N6OS. The van der Waals surface area contributed by atoms with Crippen LogP contribution >= 0.6 is 13.5 Å². The molecule has 0 aliphatic heterocycles. The second-order valence-corrected chi connectivity index (χ2v) is 7.42. The summed E-state index contributed by atoms with van der Waals surface area (Å²) in [5.74, 6) is 0.764. The van der Waals surface area contributed by atoms with E-state index in [1.807, 2.05) is 43.3 Å². The van der Waals surface area contributed by atoms with Gasteiger partial charge >= 0.3 is 0 Å². The first kappa shape index (κ1) is 23.1. The molecule has 1 atom stereocenters. The molecule has 0 aliphatic rings. The van der Waals surface area contributed by atoms with Gasteiger partial charge in [-0.15, -0.1) is 0 Å². The van der Waals surface area contributed by atoms with Crippen molar-refractivity contribution in [2.24, 2.45) is 0 Å². The number of rotatable bonds is 6. The molecule has 32 heavy (non-hydrogen) atoms. The van der Waals surface area contributed by atoms with Crippen molar-refractivity contribution in [1.82, 2.24) is 25.3 Å². The van der Waals surface area contributed by atoms with E-state index in [4.69, 9.17) is 0 Å². The van der Waals surface area contributed by atoms with Crippen molar-refractivity contribution in [3.05, 3.63) is 77.9 Å². The average molecular weight is 447 g/mol. The molecule has 1 aromatic carbocycles. The monoisotopic (exact) mass is 446 g/mol. The Kier molecular flexibility index (Phi) is 7.37. The number of carbonyl (C=O) groups excluding carboxylic acids is 1. The zero-order chi connectivity index (χ0) is 21.8. The van der Waals surface area contributed by atoms with E-state index in [9.17, 15) is 4.79 Å². The van der Waals surface area contributed by atoms with Gasteiger partial charge in [0.05, 0.1) is 22.5 Å². The van der Waals surface area contributed by atoms with Crippen LogP contribution in [0.2, 0.25) is 0 Å². The van der Waals surface area contributed by atoms with E-state index in [0.29, 0.717) is 12.1 Å². The van der Waals surface area contributed by atoms with Crippen molar-refractivity contribution in [2.45, 2.75) is 19.8 Å². The number of benzene rings is 1. The molecule has 8 heteroatoms. The molecule has 3 aromatic heterocycles. The van der Waals surface area contributed by atoms with Gasteiger partial charge in [0, 0.05) is 42.9 Å². The highest BCUT2D eigenvalue weighted by atomic mass is 32.1. The Labute approximate surface area is 194 Å². The van der Waals surface area contributed by atoms with Gasteiger partial charge in [-0.25, -0.2) is 9.97 Å². The molecule has 7 nitrogen and oxygen atoms in total. The number of para-hydroxylation sites is 1. The Morgan fingerprint density at radius 2 is 1.84 bits per heavy atom. The predicted molar refractivity (Wildman–Crippen MR) is 132 cm³/mol. The quantitative estimate of drug-likeness (QED) is 0.464. The van der Waals surface area contributed by atoms with Crippen molar-refractivity contribution >= 4 is 36.1 Å². The standard InChI is InChI=1S/C24H24N6O.H2S/c1-15(17-7-5-8-18-19(24(31)25-3)10-11-26-23(17)18)13-27-22-12-21(28-14-29-22)20-9-4-6-16(2)30-20;/h4-12,14-15H,13H2,1-3H3,(H,25,31)(H,27,28,29);1H2/t15-;/m1./s1. The number of nitrogens with zero attached hydrogens (tertiary/aromatic N) is 4. The van der Waals surface area contributed by atoms with Gasteiger partial charge in [0.2, 0.25) is 0 Å². The van der Waals surface area contributed by atoms with Crippen LogP contribution in [0.1, 0.15) is 34.5 Å². The zero-order valence-corrected chi connectivity index (χ0v) is 19.3. The highest BCUT2D eigenvalue weighted by Crippen LogP contribution is 2.27. The van der Waals surface area contributed by atoms with Gasteiger partial charge in [0.1, 0.15) is 12.1 Å². The smallest absolute Gasteiger partial charge is 0.251 e. The topological polar surface area (TPSA) is 92.7 Å². The number of fused-ring (bicyclic) bond motifs is 1. The Morgan fingerprint density at radius 1 is 1.03 bits per heavy atom. The van der Waals surface area contributed by atoms with Gasteiger partial charge in [-0.2, -0.15) is 13.5 Å². The highest BCUT2D eigenvalue weighted by Gasteiger charge is 2.15. The fraction of sp³-hybridized carbons (Fsp3) is 0.208. The lowest BCUT2D eigenvalue weighted by Gasteiger charge is -2.16. The molecule has 0 saturated carbocycles. The number of pyridine rings is 2. The fourth-order valence-electron chi connectivity index (χ4n) is 3.58. The van der Waals surface area contributed by atoms with E-state index in [1.54, 1.807) is 25.6 Å². The fourth-order valence-corrected chi connectivity index (χ4v) is 3.58. The highest BCUT2D eigenvalue weighted by molar-refractivity contribution is 7.59. The Morgan fingerprint density at radius 3 is 2.62 bits per heavy atom.